The Hall–Kier alpha value is -2.29. The number of benzene rings is 3. The number of aliphatic imine (C=N–C) groups is 1. The van der Waals surface area contributed by atoms with E-state index >= 15 is 0 Å². The normalized spacial score (nSPS) is 11.4. The molecule has 24 heavy (non-hydrogen) atoms. The lowest BCUT2D eigenvalue weighted by Gasteiger charge is -2.12. The van der Waals surface area contributed by atoms with Gasteiger partial charge in [0.2, 0.25) is 0 Å². The van der Waals surface area contributed by atoms with Crippen molar-refractivity contribution >= 4 is 40.4 Å². The van der Waals surface area contributed by atoms with Crippen LogP contribution in [-0.2, 0) is 0 Å². The minimum Gasteiger partial charge on any atom is -0.340 e. The van der Waals surface area contributed by atoms with Crippen molar-refractivity contribution in [1.29, 1.82) is 0 Å². The van der Waals surface area contributed by atoms with E-state index in [1.54, 1.807) is 0 Å². The van der Waals surface area contributed by atoms with E-state index in [2.05, 4.69) is 24.4 Å². The first kappa shape index (κ1) is 16.6. The summed E-state index contributed by atoms with van der Waals surface area (Å²) in [6.07, 6.45) is 0. The van der Waals surface area contributed by atoms with E-state index in [4.69, 9.17) is 28.2 Å². The lowest BCUT2D eigenvalue weighted by molar-refractivity contribution is 1.44. The fourth-order valence-electron chi connectivity index (χ4n) is 2.31. The molecule has 3 aromatic carbocycles. The Morgan fingerprint density at radius 1 is 0.875 bits per heavy atom. The topological polar surface area (TPSA) is 24.4 Å². The highest BCUT2D eigenvalue weighted by molar-refractivity contribution is 6.35. The fourth-order valence-corrected chi connectivity index (χ4v) is 2.66. The predicted octanol–water partition coefficient (Wildman–Crippen LogP) is 6.49. The van der Waals surface area contributed by atoms with Gasteiger partial charge in [-0.2, -0.15) is 0 Å². The Kier molecular flexibility index (Phi) is 5.19. The van der Waals surface area contributed by atoms with Crippen molar-refractivity contribution in [2.24, 2.45) is 4.99 Å². The van der Waals surface area contributed by atoms with Crippen LogP contribution in [0.25, 0.3) is 0 Å². The van der Waals surface area contributed by atoms with E-state index in [-0.39, 0.29) is 0 Å². The van der Waals surface area contributed by atoms with Gasteiger partial charge in [0, 0.05) is 16.3 Å². The molecular formula is C20H16Cl2N2. The largest absolute Gasteiger partial charge is 0.340 e. The van der Waals surface area contributed by atoms with Gasteiger partial charge in [-0.15, -0.1) is 0 Å². The average molecular weight is 355 g/mol. The zero-order chi connectivity index (χ0) is 16.9. The molecule has 0 saturated heterocycles. The summed E-state index contributed by atoms with van der Waals surface area (Å²) in [7, 11) is 0. The van der Waals surface area contributed by atoms with E-state index in [1.165, 1.54) is 5.56 Å². The van der Waals surface area contributed by atoms with Crippen molar-refractivity contribution in [2.75, 3.05) is 5.32 Å². The van der Waals surface area contributed by atoms with E-state index in [9.17, 15) is 0 Å². The summed E-state index contributed by atoms with van der Waals surface area (Å²) in [5, 5.41) is 4.70. The van der Waals surface area contributed by atoms with Crippen LogP contribution in [0.1, 0.15) is 11.1 Å². The first-order valence-electron chi connectivity index (χ1n) is 7.55. The molecule has 0 aromatic heterocycles. The molecule has 0 bridgehead atoms. The number of rotatable bonds is 3. The van der Waals surface area contributed by atoms with Gasteiger partial charge in [-0.05, 0) is 61.0 Å². The second kappa shape index (κ2) is 7.52. The summed E-state index contributed by atoms with van der Waals surface area (Å²) in [6, 6.07) is 23.1. The molecule has 0 aliphatic rings. The third kappa shape index (κ3) is 4.16. The van der Waals surface area contributed by atoms with E-state index in [1.807, 2.05) is 60.7 Å². The van der Waals surface area contributed by atoms with Crippen molar-refractivity contribution in [1.82, 2.24) is 0 Å². The van der Waals surface area contributed by atoms with Crippen LogP contribution in [0.5, 0.6) is 0 Å². The molecule has 4 heteroatoms. The lowest BCUT2D eigenvalue weighted by atomic mass is 10.1. The molecule has 0 aliphatic carbocycles. The average Bonchev–Trinajstić information content (AvgIpc) is 2.57. The number of hydrogen-bond acceptors (Lipinski definition) is 1. The Bertz CT molecular complexity index is 871. The summed E-state index contributed by atoms with van der Waals surface area (Å²) < 4.78 is 0. The van der Waals surface area contributed by atoms with Crippen LogP contribution >= 0.6 is 23.2 Å². The maximum Gasteiger partial charge on any atom is 0.139 e. The van der Waals surface area contributed by atoms with Crippen LogP contribution in [0.2, 0.25) is 10.0 Å². The molecule has 120 valence electrons. The first-order valence-corrected chi connectivity index (χ1v) is 8.30. The first-order chi connectivity index (χ1) is 11.6. The Morgan fingerprint density at radius 3 is 2.33 bits per heavy atom. The zero-order valence-electron chi connectivity index (χ0n) is 13.1. The minimum absolute atomic E-state index is 0.644. The van der Waals surface area contributed by atoms with Gasteiger partial charge in [0.1, 0.15) is 5.84 Å². The monoisotopic (exact) mass is 354 g/mol. The fraction of sp³-hybridized carbons (Fsp3) is 0.0500. The van der Waals surface area contributed by atoms with Gasteiger partial charge in [0.15, 0.2) is 0 Å². The number of hydrogen-bond donors (Lipinski definition) is 1. The van der Waals surface area contributed by atoms with Crippen LogP contribution < -0.4 is 5.32 Å². The quantitative estimate of drug-likeness (QED) is 0.421. The van der Waals surface area contributed by atoms with Crippen molar-refractivity contribution in [2.45, 2.75) is 6.92 Å². The molecule has 0 atom stereocenters. The molecule has 3 rings (SSSR count). The van der Waals surface area contributed by atoms with E-state index in [0.29, 0.717) is 15.9 Å². The molecular weight excluding hydrogens is 339 g/mol. The number of amidine groups is 1. The molecule has 0 radical (unpaired) electrons. The van der Waals surface area contributed by atoms with Crippen LogP contribution in [0, 0.1) is 6.92 Å². The van der Waals surface area contributed by atoms with Gasteiger partial charge < -0.3 is 5.32 Å². The van der Waals surface area contributed by atoms with Gasteiger partial charge >= 0.3 is 0 Å². The summed E-state index contributed by atoms with van der Waals surface area (Å²) in [5.41, 5.74) is 3.78. The standard InChI is InChI=1S/C20H16Cl2N2/c1-14-5-4-6-17(13-14)24-20(18-7-2-3-8-19(18)22)23-16-11-9-15(21)10-12-16/h2-13H,1H3,(H,23,24). The third-order valence-electron chi connectivity index (χ3n) is 3.48. The molecule has 2 nitrogen and oxygen atoms in total. The molecule has 0 spiro atoms. The van der Waals surface area contributed by atoms with Crippen molar-refractivity contribution in [3.05, 3.63) is 94.0 Å². The smallest absolute Gasteiger partial charge is 0.139 e. The maximum absolute atomic E-state index is 6.37. The Balaban J connectivity index is 2.03. The number of anilines is 1. The second-order valence-electron chi connectivity index (χ2n) is 5.41. The predicted molar refractivity (Wildman–Crippen MR) is 104 cm³/mol. The lowest BCUT2D eigenvalue weighted by Crippen LogP contribution is -2.14. The number of aryl methyl sites for hydroxylation is 1. The van der Waals surface area contributed by atoms with Crippen LogP contribution in [0.3, 0.4) is 0 Å². The maximum atomic E-state index is 6.37. The molecule has 0 heterocycles. The van der Waals surface area contributed by atoms with Gasteiger partial charge in [-0.3, -0.25) is 0 Å². The minimum atomic E-state index is 0.644. The third-order valence-corrected chi connectivity index (χ3v) is 4.06. The van der Waals surface area contributed by atoms with Crippen molar-refractivity contribution in [3.8, 4) is 0 Å². The highest BCUT2D eigenvalue weighted by Gasteiger charge is 2.09. The summed E-state index contributed by atoms with van der Waals surface area (Å²) in [4.78, 5) is 4.72. The Labute approximate surface area is 151 Å². The van der Waals surface area contributed by atoms with Crippen molar-refractivity contribution < 1.29 is 0 Å². The summed E-state index contributed by atoms with van der Waals surface area (Å²) in [5.74, 6) is 0.688. The van der Waals surface area contributed by atoms with Gasteiger partial charge in [-0.1, -0.05) is 47.5 Å². The summed E-state index contributed by atoms with van der Waals surface area (Å²) in [6.45, 7) is 2.05. The molecule has 0 amide bonds. The molecule has 0 saturated carbocycles. The van der Waals surface area contributed by atoms with Gasteiger partial charge in [-0.25, -0.2) is 4.99 Å². The molecule has 0 unspecified atom stereocenters. The number of nitrogens with zero attached hydrogens (tertiary/aromatic N) is 1. The van der Waals surface area contributed by atoms with E-state index < -0.39 is 0 Å². The number of nitrogens with one attached hydrogen (secondary N) is 1. The second-order valence-corrected chi connectivity index (χ2v) is 6.25. The summed E-state index contributed by atoms with van der Waals surface area (Å²) >= 11 is 12.3. The highest BCUT2D eigenvalue weighted by Crippen LogP contribution is 2.22. The van der Waals surface area contributed by atoms with Crippen LogP contribution in [0.4, 0.5) is 11.4 Å². The Morgan fingerprint density at radius 2 is 1.62 bits per heavy atom. The SMILES string of the molecule is Cc1cccc(NC(=Nc2ccc(Cl)cc2)c2ccccc2Cl)c1. The highest BCUT2D eigenvalue weighted by atomic mass is 35.5. The molecule has 1 N–H and O–H groups in total. The van der Waals surface area contributed by atoms with E-state index in [0.717, 1.165) is 16.9 Å². The van der Waals surface area contributed by atoms with Gasteiger partial charge in [0.05, 0.1) is 10.7 Å². The van der Waals surface area contributed by atoms with Crippen molar-refractivity contribution in [3.63, 3.8) is 0 Å². The molecule has 0 fully saturated rings. The molecule has 0 aliphatic heterocycles. The van der Waals surface area contributed by atoms with Gasteiger partial charge in [0.25, 0.3) is 0 Å². The van der Waals surface area contributed by atoms with Crippen LogP contribution in [-0.4, -0.2) is 5.84 Å². The zero-order valence-corrected chi connectivity index (χ0v) is 14.6. The molecule has 3 aromatic rings. The van der Waals surface area contributed by atoms with Crippen LogP contribution in [0.15, 0.2) is 77.8 Å². The number of halogens is 2.